The van der Waals surface area contributed by atoms with E-state index in [9.17, 15) is 4.79 Å². The number of carboxylic acid groups (broad SMARTS) is 1. The summed E-state index contributed by atoms with van der Waals surface area (Å²) >= 11 is 1.60. The second-order valence-electron chi connectivity index (χ2n) is 7.81. The summed E-state index contributed by atoms with van der Waals surface area (Å²) in [5.41, 5.74) is 0. The number of hydrogen-bond donors (Lipinski definition) is 2. The molecule has 0 spiro atoms. The number of carbonyl (C=O) groups is 1. The van der Waals surface area contributed by atoms with Gasteiger partial charge in [0.2, 0.25) is 0 Å². The third-order valence-corrected chi connectivity index (χ3v) is 10.7. The van der Waals surface area contributed by atoms with Crippen molar-refractivity contribution in [2.45, 2.75) is 76.7 Å². The second kappa shape index (κ2) is 6.49. The van der Waals surface area contributed by atoms with Gasteiger partial charge in [-0.1, -0.05) is 32.1 Å². The topological polar surface area (TPSA) is 84.3 Å². The molecular weight excluding hydrogens is 330 g/mol. The summed E-state index contributed by atoms with van der Waals surface area (Å²) in [6.07, 6.45) is 0.606. The lowest BCUT2D eigenvalue weighted by Gasteiger charge is -2.37. The summed E-state index contributed by atoms with van der Waals surface area (Å²) in [5.74, 6) is 0.318. The minimum Gasteiger partial charge on any atom is -0.465 e. The van der Waals surface area contributed by atoms with Crippen LogP contribution < -0.4 is 5.32 Å². The molecule has 1 amide bonds. The Labute approximate surface area is 142 Å². The van der Waals surface area contributed by atoms with Crippen LogP contribution in [0.25, 0.3) is 0 Å². The number of nitrogens with zero attached hydrogens (tertiary/aromatic N) is 2. The minimum atomic E-state index is -1.83. The van der Waals surface area contributed by atoms with Crippen molar-refractivity contribution >= 4 is 25.7 Å². The van der Waals surface area contributed by atoms with Crippen molar-refractivity contribution in [2.24, 2.45) is 0 Å². The summed E-state index contributed by atoms with van der Waals surface area (Å²) in [7, 11) is -1.83. The standard InChI is InChI=1S/C15H27N3O3SSi/c1-9(21-23(5,6)15(2,3)4)12-17-18-13(22-12)10-7-11(8-10)16-14(19)20/h9-11,16H,7-8H2,1-6H3,(H,19,20)/t9-,10?,11?/m1/s1. The van der Waals surface area contributed by atoms with E-state index in [1.807, 2.05) is 6.92 Å². The zero-order valence-corrected chi connectivity index (χ0v) is 16.5. The van der Waals surface area contributed by atoms with E-state index in [0.29, 0.717) is 5.92 Å². The number of amides is 1. The zero-order chi connectivity index (χ0) is 17.4. The molecule has 1 heterocycles. The van der Waals surface area contributed by atoms with Crippen molar-refractivity contribution in [3.8, 4) is 0 Å². The molecule has 1 aromatic rings. The lowest BCUT2D eigenvalue weighted by Crippen LogP contribution is -2.42. The van der Waals surface area contributed by atoms with Crippen molar-refractivity contribution < 1.29 is 14.3 Å². The van der Waals surface area contributed by atoms with E-state index >= 15 is 0 Å². The Balaban J connectivity index is 1.94. The van der Waals surface area contributed by atoms with Crippen LogP contribution in [-0.4, -0.2) is 35.8 Å². The van der Waals surface area contributed by atoms with E-state index in [0.717, 1.165) is 22.9 Å². The molecule has 1 fully saturated rings. The van der Waals surface area contributed by atoms with Gasteiger partial charge in [0.15, 0.2) is 8.32 Å². The third-order valence-electron chi connectivity index (χ3n) is 4.90. The van der Waals surface area contributed by atoms with Crippen LogP contribution in [0.4, 0.5) is 4.79 Å². The number of aromatic nitrogens is 2. The van der Waals surface area contributed by atoms with Crippen molar-refractivity contribution in [3.05, 3.63) is 10.0 Å². The maximum Gasteiger partial charge on any atom is 0.404 e. The molecule has 2 rings (SSSR count). The molecule has 1 saturated carbocycles. The highest BCUT2D eigenvalue weighted by atomic mass is 32.1. The van der Waals surface area contributed by atoms with Crippen LogP contribution in [0.2, 0.25) is 18.1 Å². The molecule has 0 aromatic carbocycles. The Morgan fingerprint density at radius 3 is 2.52 bits per heavy atom. The highest BCUT2D eigenvalue weighted by Crippen LogP contribution is 2.42. The Hall–Kier alpha value is -0.993. The molecule has 0 aliphatic heterocycles. The SMILES string of the molecule is C[C@@H](O[Si](C)(C)C(C)(C)C)c1nnc(C2CC(NC(=O)O)C2)s1. The van der Waals surface area contributed by atoms with Gasteiger partial charge >= 0.3 is 6.09 Å². The van der Waals surface area contributed by atoms with E-state index in [1.165, 1.54) is 0 Å². The van der Waals surface area contributed by atoms with Gasteiger partial charge in [-0.3, -0.25) is 0 Å². The molecule has 130 valence electrons. The van der Waals surface area contributed by atoms with Crippen LogP contribution in [0.1, 0.15) is 62.6 Å². The molecule has 1 aliphatic rings. The molecule has 0 bridgehead atoms. The average molecular weight is 358 g/mol. The number of nitrogens with one attached hydrogen (secondary N) is 1. The molecule has 1 aromatic heterocycles. The first-order valence-electron chi connectivity index (χ1n) is 8.00. The molecule has 6 nitrogen and oxygen atoms in total. The molecule has 0 radical (unpaired) electrons. The van der Waals surface area contributed by atoms with E-state index in [-0.39, 0.29) is 17.2 Å². The molecular formula is C15H27N3O3SSi. The molecule has 0 unspecified atom stereocenters. The Morgan fingerprint density at radius 2 is 2.00 bits per heavy atom. The Bertz CT molecular complexity index is 565. The van der Waals surface area contributed by atoms with Gasteiger partial charge in [-0.15, -0.1) is 10.2 Å². The first-order valence-corrected chi connectivity index (χ1v) is 11.7. The largest absolute Gasteiger partial charge is 0.465 e. The smallest absolute Gasteiger partial charge is 0.404 e. The fraction of sp³-hybridized carbons (Fsp3) is 0.800. The van der Waals surface area contributed by atoms with Crippen LogP contribution in [0.3, 0.4) is 0 Å². The lowest BCUT2D eigenvalue weighted by molar-refractivity contribution is 0.177. The highest BCUT2D eigenvalue weighted by molar-refractivity contribution is 7.11. The van der Waals surface area contributed by atoms with E-state index < -0.39 is 14.4 Å². The van der Waals surface area contributed by atoms with Gasteiger partial charge in [0.05, 0.1) is 6.10 Å². The van der Waals surface area contributed by atoms with Gasteiger partial charge in [0, 0.05) is 12.0 Å². The maximum absolute atomic E-state index is 10.6. The molecule has 2 N–H and O–H groups in total. The van der Waals surface area contributed by atoms with Gasteiger partial charge in [-0.2, -0.15) is 0 Å². The van der Waals surface area contributed by atoms with E-state index in [1.54, 1.807) is 11.3 Å². The predicted molar refractivity (Wildman–Crippen MR) is 93.5 cm³/mol. The quantitative estimate of drug-likeness (QED) is 0.774. The Kier molecular flexibility index (Phi) is 5.17. The average Bonchev–Trinajstić information content (AvgIpc) is 2.80. The first-order chi connectivity index (χ1) is 10.5. The van der Waals surface area contributed by atoms with Crippen LogP contribution in [0.5, 0.6) is 0 Å². The van der Waals surface area contributed by atoms with Gasteiger partial charge in [-0.25, -0.2) is 4.79 Å². The monoisotopic (exact) mass is 357 g/mol. The third kappa shape index (κ3) is 4.30. The maximum atomic E-state index is 10.6. The summed E-state index contributed by atoms with van der Waals surface area (Å²) in [6.45, 7) is 13.2. The fourth-order valence-electron chi connectivity index (χ4n) is 2.36. The van der Waals surface area contributed by atoms with Crippen LogP contribution in [0, 0.1) is 0 Å². The molecule has 1 aliphatic carbocycles. The second-order valence-corrected chi connectivity index (χ2v) is 13.6. The molecule has 8 heteroatoms. The van der Waals surface area contributed by atoms with Gasteiger partial charge in [0.25, 0.3) is 0 Å². The predicted octanol–water partition coefficient (Wildman–Crippen LogP) is 4.13. The highest BCUT2D eigenvalue weighted by Gasteiger charge is 2.39. The van der Waals surface area contributed by atoms with Crippen molar-refractivity contribution in [1.29, 1.82) is 0 Å². The first kappa shape index (κ1) is 18.3. The minimum absolute atomic E-state index is 0.0461. The molecule has 1 atom stereocenters. The molecule has 23 heavy (non-hydrogen) atoms. The summed E-state index contributed by atoms with van der Waals surface area (Å²) < 4.78 is 6.36. The number of hydrogen-bond acceptors (Lipinski definition) is 5. The van der Waals surface area contributed by atoms with E-state index in [2.05, 4.69) is 49.4 Å². The van der Waals surface area contributed by atoms with Gasteiger partial charge in [-0.05, 0) is 37.9 Å². The zero-order valence-electron chi connectivity index (χ0n) is 14.7. The lowest BCUT2D eigenvalue weighted by atomic mass is 9.81. The summed E-state index contributed by atoms with van der Waals surface area (Å²) in [4.78, 5) is 10.6. The number of rotatable bonds is 5. The van der Waals surface area contributed by atoms with E-state index in [4.69, 9.17) is 9.53 Å². The Morgan fingerprint density at radius 1 is 1.39 bits per heavy atom. The van der Waals surface area contributed by atoms with Gasteiger partial charge < -0.3 is 14.8 Å². The van der Waals surface area contributed by atoms with Gasteiger partial charge in [0.1, 0.15) is 10.0 Å². The molecule has 0 saturated heterocycles. The fourth-order valence-corrected chi connectivity index (χ4v) is 4.74. The van der Waals surface area contributed by atoms with Crippen molar-refractivity contribution in [1.82, 2.24) is 15.5 Å². The summed E-state index contributed by atoms with van der Waals surface area (Å²) in [6, 6.07) is 0.0470. The van der Waals surface area contributed by atoms with Crippen LogP contribution >= 0.6 is 11.3 Å². The normalized spacial score (nSPS) is 23.2. The van der Waals surface area contributed by atoms with Crippen molar-refractivity contribution in [2.75, 3.05) is 0 Å². The van der Waals surface area contributed by atoms with Crippen molar-refractivity contribution in [3.63, 3.8) is 0 Å². The van der Waals surface area contributed by atoms with Crippen LogP contribution in [0.15, 0.2) is 0 Å². The summed E-state index contributed by atoms with van der Waals surface area (Å²) in [5, 5.41) is 21.9. The van der Waals surface area contributed by atoms with Crippen LogP contribution in [-0.2, 0) is 4.43 Å².